The second kappa shape index (κ2) is 6.69. The molecule has 1 aliphatic carbocycles. The fraction of sp³-hybridized carbons (Fsp3) is 0.667. The van der Waals surface area contributed by atoms with E-state index in [1.807, 2.05) is 12.1 Å². The Hall–Kier alpha value is -1.22. The third-order valence-corrected chi connectivity index (χ3v) is 5.04. The first-order valence-electron chi connectivity index (χ1n) is 8.01. The number of nitrogens with two attached hydrogens (primary N) is 1. The summed E-state index contributed by atoms with van der Waals surface area (Å²) < 4.78 is 10.9. The van der Waals surface area contributed by atoms with Crippen molar-refractivity contribution in [1.29, 1.82) is 0 Å². The summed E-state index contributed by atoms with van der Waals surface area (Å²) in [7, 11) is 3.40. The molecule has 0 aromatic heterocycles. The van der Waals surface area contributed by atoms with Gasteiger partial charge in [0.1, 0.15) is 11.5 Å². The van der Waals surface area contributed by atoms with Crippen molar-refractivity contribution in [2.75, 3.05) is 14.2 Å². The van der Waals surface area contributed by atoms with E-state index in [1.165, 1.54) is 19.3 Å². The first-order valence-corrected chi connectivity index (χ1v) is 8.01. The lowest BCUT2D eigenvalue weighted by Gasteiger charge is -2.31. The molecule has 2 N–H and O–H groups in total. The van der Waals surface area contributed by atoms with Gasteiger partial charge in [-0.15, -0.1) is 0 Å². The van der Waals surface area contributed by atoms with Gasteiger partial charge in [-0.2, -0.15) is 0 Å². The summed E-state index contributed by atoms with van der Waals surface area (Å²) in [5.41, 5.74) is 7.60. The van der Waals surface area contributed by atoms with E-state index >= 15 is 0 Å². The van der Waals surface area contributed by atoms with Crippen molar-refractivity contribution in [1.82, 2.24) is 0 Å². The van der Waals surface area contributed by atoms with Crippen LogP contribution in [0.5, 0.6) is 11.5 Å². The monoisotopic (exact) mass is 291 g/mol. The molecule has 0 saturated heterocycles. The van der Waals surface area contributed by atoms with Crippen molar-refractivity contribution in [2.24, 2.45) is 17.6 Å². The topological polar surface area (TPSA) is 44.5 Å². The van der Waals surface area contributed by atoms with Crippen LogP contribution in [0, 0.1) is 11.8 Å². The molecule has 21 heavy (non-hydrogen) atoms. The minimum atomic E-state index is -0.302. The molecule has 2 rings (SSSR count). The Morgan fingerprint density at radius 3 is 2.52 bits per heavy atom. The van der Waals surface area contributed by atoms with Crippen LogP contribution in [0.2, 0.25) is 0 Å². The maximum Gasteiger partial charge on any atom is 0.124 e. The molecule has 1 aromatic carbocycles. The zero-order valence-electron chi connectivity index (χ0n) is 13.8. The molecule has 3 nitrogen and oxygen atoms in total. The molecule has 118 valence electrons. The summed E-state index contributed by atoms with van der Waals surface area (Å²) in [6.07, 6.45) is 5.68. The standard InChI is InChI=1S/C18H29NO2/c1-13(2)14-6-5-10-18(19,11-9-14)16-12-15(20-3)7-8-17(16)21-4/h7-8,12-14H,5-6,9-11,19H2,1-4H3. The summed E-state index contributed by atoms with van der Waals surface area (Å²) in [4.78, 5) is 0. The lowest BCUT2D eigenvalue weighted by atomic mass is 9.82. The van der Waals surface area contributed by atoms with E-state index < -0.39 is 0 Å². The lowest BCUT2D eigenvalue weighted by Crippen LogP contribution is -2.36. The molecule has 0 amide bonds. The van der Waals surface area contributed by atoms with Gasteiger partial charge in [0, 0.05) is 11.1 Å². The first-order chi connectivity index (χ1) is 10.00. The fourth-order valence-corrected chi connectivity index (χ4v) is 3.53. The molecule has 1 aliphatic rings. The van der Waals surface area contributed by atoms with Crippen molar-refractivity contribution in [2.45, 2.75) is 51.5 Å². The maximum absolute atomic E-state index is 6.81. The molecule has 1 saturated carbocycles. The van der Waals surface area contributed by atoms with Gasteiger partial charge in [0.15, 0.2) is 0 Å². The van der Waals surface area contributed by atoms with E-state index in [2.05, 4.69) is 19.9 Å². The summed E-state index contributed by atoms with van der Waals surface area (Å²) in [5.74, 6) is 3.24. The van der Waals surface area contributed by atoms with Gasteiger partial charge in [-0.3, -0.25) is 0 Å². The molecule has 2 atom stereocenters. The zero-order valence-corrected chi connectivity index (χ0v) is 13.8. The highest BCUT2D eigenvalue weighted by Crippen LogP contribution is 2.42. The average Bonchev–Trinajstić information content (AvgIpc) is 2.69. The molecule has 0 radical (unpaired) electrons. The van der Waals surface area contributed by atoms with Crippen LogP contribution >= 0.6 is 0 Å². The average molecular weight is 291 g/mol. The van der Waals surface area contributed by atoms with Gasteiger partial charge in [0.25, 0.3) is 0 Å². The normalized spacial score (nSPS) is 26.5. The Kier molecular flexibility index (Phi) is 5.15. The van der Waals surface area contributed by atoms with E-state index in [0.29, 0.717) is 0 Å². The van der Waals surface area contributed by atoms with Gasteiger partial charge in [0.2, 0.25) is 0 Å². The van der Waals surface area contributed by atoms with Gasteiger partial charge < -0.3 is 15.2 Å². The minimum absolute atomic E-state index is 0.302. The fourth-order valence-electron chi connectivity index (χ4n) is 3.53. The van der Waals surface area contributed by atoms with Gasteiger partial charge >= 0.3 is 0 Å². The molecular formula is C18H29NO2. The second-order valence-electron chi connectivity index (χ2n) is 6.66. The SMILES string of the molecule is COc1ccc(OC)c(C2(N)CCCC(C(C)C)CC2)c1. The van der Waals surface area contributed by atoms with E-state index in [4.69, 9.17) is 15.2 Å². The maximum atomic E-state index is 6.81. The van der Waals surface area contributed by atoms with Crippen LogP contribution in [0.3, 0.4) is 0 Å². The Bertz CT molecular complexity index is 472. The van der Waals surface area contributed by atoms with Crippen LogP contribution in [-0.4, -0.2) is 14.2 Å². The molecule has 0 spiro atoms. The highest BCUT2D eigenvalue weighted by Gasteiger charge is 2.34. The number of benzene rings is 1. The van der Waals surface area contributed by atoms with Crippen molar-refractivity contribution in [3.8, 4) is 11.5 Å². The predicted octanol–water partition coefficient (Wildman–Crippen LogP) is 4.09. The van der Waals surface area contributed by atoms with Crippen LogP contribution < -0.4 is 15.2 Å². The van der Waals surface area contributed by atoms with Crippen molar-refractivity contribution in [3.63, 3.8) is 0 Å². The van der Waals surface area contributed by atoms with Gasteiger partial charge in [0.05, 0.1) is 14.2 Å². The third kappa shape index (κ3) is 3.52. The van der Waals surface area contributed by atoms with Crippen molar-refractivity contribution in [3.05, 3.63) is 23.8 Å². The quantitative estimate of drug-likeness (QED) is 0.850. The Morgan fingerprint density at radius 1 is 1.14 bits per heavy atom. The number of ether oxygens (including phenoxy) is 2. The summed E-state index contributed by atoms with van der Waals surface area (Å²) in [6, 6.07) is 5.95. The largest absolute Gasteiger partial charge is 0.497 e. The molecule has 0 bridgehead atoms. The van der Waals surface area contributed by atoms with Crippen molar-refractivity contribution >= 4 is 0 Å². The van der Waals surface area contributed by atoms with Crippen LogP contribution in [0.1, 0.15) is 51.5 Å². The molecular weight excluding hydrogens is 262 g/mol. The van der Waals surface area contributed by atoms with E-state index in [-0.39, 0.29) is 5.54 Å². The predicted molar refractivity (Wildman–Crippen MR) is 86.8 cm³/mol. The first kappa shape index (κ1) is 16.2. The Labute approximate surface area is 128 Å². The second-order valence-corrected chi connectivity index (χ2v) is 6.66. The van der Waals surface area contributed by atoms with Crippen LogP contribution in [0.4, 0.5) is 0 Å². The molecule has 3 heteroatoms. The highest BCUT2D eigenvalue weighted by molar-refractivity contribution is 5.44. The number of hydrogen-bond donors (Lipinski definition) is 1. The molecule has 0 heterocycles. The van der Waals surface area contributed by atoms with E-state index in [9.17, 15) is 0 Å². The smallest absolute Gasteiger partial charge is 0.124 e. The molecule has 2 unspecified atom stereocenters. The summed E-state index contributed by atoms with van der Waals surface area (Å²) in [6.45, 7) is 4.64. The number of methoxy groups -OCH3 is 2. The van der Waals surface area contributed by atoms with Gasteiger partial charge in [-0.05, 0) is 49.3 Å². The summed E-state index contributed by atoms with van der Waals surface area (Å²) >= 11 is 0. The molecule has 0 aliphatic heterocycles. The molecule has 1 fully saturated rings. The summed E-state index contributed by atoms with van der Waals surface area (Å²) in [5, 5.41) is 0. The van der Waals surface area contributed by atoms with E-state index in [1.54, 1.807) is 14.2 Å². The Balaban J connectivity index is 2.30. The number of rotatable bonds is 4. The molecule has 1 aromatic rings. The Morgan fingerprint density at radius 2 is 1.90 bits per heavy atom. The number of hydrogen-bond acceptors (Lipinski definition) is 3. The minimum Gasteiger partial charge on any atom is -0.497 e. The van der Waals surface area contributed by atoms with Crippen LogP contribution in [0.25, 0.3) is 0 Å². The van der Waals surface area contributed by atoms with E-state index in [0.717, 1.165) is 41.7 Å². The van der Waals surface area contributed by atoms with Crippen molar-refractivity contribution < 1.29 is 9.47 Å². The van der Waals surface area contributed by atoms with Gasteiger partial charge in [-0.1, -0.05) is 26.7 Å². The third-order valence-electron chi connectivity index (χ3n) is 5.04. The lowest BCUT2D eigenvalue weighted by molar-refractivity contribution is 0.316. The van der Waals surface area contributed by atoms with Crippen LogP contribution in [0.15, 0.2) is 18.2 Å². The van der Waals surface area contributed by atoms with Crippen LogP contribution in [-0.2, 0) is 5.54 Å². The zero-order chi connectivity index (χ0) is 15.5. The van der Waals surface area contributed by atoms with Gasteiger partial charge in [-0.25, -0.2) is 0 Å². The highest BCUT2D eigenvalue weighted by atomic mass is 16.5.